The quantitative estimate of drug-likeness (QED) is 0.880. The molecule has 0 spiro atoms. The minimum atomic E-state index is 0.554. The highest BCUT2D eigenvalue weighted by atomic mass is 35.5. The SMILES string of the molecule is CCc1nc(NC)c(C)c(Nc2ccc(OC)c(Cl)c2)n1. The molecule has 0 atom stereocenters. The molecule has 0 bridgehead atoms. The summed E-state index contributed by atoms with van der Waals surface area (Å²) in [5.74, 6) is 3.02. The van der Waals surface area contributed by atoms with E-state index in [0.717, 1.165) is 35.1 Å². The number of aryl methyl sites for hydroxylation is 1. The lowest BCUT2D eigenvalue weighted by Crippen LogP contribution is -2.06. The zero-order valence-electron chi connectivity index (χ0n) is 12.6. The maximum absolute atomic E-state index is 6.14. The Morgan fingerprint density at radius 2 is 1.95 bits per heavy atom. The second kappa shape index (κ2) is 6.63. The van der Waals surface area contributed by atoms with E-state index < -0.39 is 0 Å². The first-order valence-corrected chi connectivity index (χ1v) is 7.12. The van der Waals surface area contributed by atoms with Crippen molar-refractivity contribution in [2.75, 3.05) is 24.8 Å². The van der Waals surface area contributed by atoms with Crippen molar-refractivity contribution in [3.8, 4) is 5.75 Å². The number of nitrogens with one attached hydrogen (secondary N) is 2. The third kappa shape index (κ3) is 3.36. The van der Waals surface area contributed by atoms with Gasteiger partial charge in [-0.1, -0.05) is 18.5 Å². The molecular formula is C15H19ClN4O. The van der Waals surface area contributed by atoms with Crippen LogP contribution in [0, 0.1) is 6.92 Å². The lowest BCUT2D eigenvalue weighted by molar-refractivity contribution is 0.415. The van der Waals surface area contributed by atoms with Gasteiger partial charge >= 0.3 is 0 Å². The summed E-state index contributed by atoms with van der Waals surface area (Å²) in [4.78, 5) is 8.98. The highest BCUT2D eigenvalue weighted by Crippen LogP contribution is 2.30. The number of rotatable bonds is 5. The van der Waals surface area contributed by atoms with Crippen molar-refractivity contribution < 1.29 is 4.74 Å². The van der Waals surface area contributed by atoms with Crippen LogP contribution >= 0.6 is 11.6 Å². The molecule has 0 aliphatic heterocycles. The zero-order valence-corrected chi connectivity index (χ0v) is 13.4. The van der Waals surface area contributed by atoms with Gasteiger partial charge in [0.1, 0.15) is 23.2 Å². The zero-order chi connectivity index (χ0) is 15.4. The largest absolute Gasteiger partial charge is 0.495 e. The van der Waals surface area contributed by atoms with Crippen LogP contribution in [0.25, 0.3) is 0 Å². The highest BCUT2D eigenvalue weighted by Gasteiger charge is 2.10. The normalized spacial score (nSPS) is 10.3. The standard InChI is InChI=1S/C15H19ClN4O/c1-5-13-19-14(17-3)9(2)15(20-13)18-10-6-7-12(21-4)11(16)8-10/h6-8H,5H2,1-4H3,(H2,17,18,19,20). The minimum absolute atomic E-state index is 0.554. The van der Waals surface area contributed by atoms with Gasteiger partial charge < -0.3 is 15.4 Å². The van der Waals surface area contributed by atoms with Crippen molar-refractivity contribution in [2.45, 2.75) is 20.3 Å². The first-order valence-electron chi connectivity index (χ1n) is 6.74. The predicted molar refractivity (Wildman–Crippen MR) is 87.0 cm³/mol. The summed E-state index contributed by atoms with van der Waals surface area (Å²) in [6, 6.07) is 5.53. The number of aromatic nitrogens is 2. The van der Waals surface area contributed by atoms with E-state index in [4.69, 9.17) is 16.3 Å². The second-order valence-electron chi connectivity index (χ2n) is 4.54. The molecule has 2 aromatic rings. The van der Waals surface area contributed by atoms with Crippen LogP contribution in [0.2, 0.25) is 5.02 Å². The number of hydrogen-bond acceptors (Lipinski definition) is 5. The molecule has 0 fully saturated rings. The van der Waals surface area contributed by atoms with Crippen LogP contribution < -0.4 is 15.4 Å². The first kappa shape index (κ1) is 15.4. The second-order valence-corrected chi connectivity index (χ2v) is 4.95. The maximum atomic E-state index is 6.14. The molecule has 0 radical (unpaired) electrons. The van der Waals surface area contributed by atoms with E-state index in [0.29, 0.717) is 10.8 Å². The Bertz CT molecular complexity index is 646. The van der Waals surface area contributed by atoms with Crippen LogP contribution in [0.5, 0.6) is 5.75 Å². The van der Waals surface area contributed by atoms with Gasteiger partial charge in [0, 0.05) is 24.7 Å². The van der Waals surface area contributed by atoms with E-state index in [-0.39, 0.29) is 0 Å². The molecule has 0 unspecified atom stereocenters. The average Bonchev–Trinajstić information content (AvgIpc) is 2.49. The van der Waals surface area contributed by atoms with Gasteiger partial charge in [-0.3, -0.25) is 0 Å². The molecule has 2 N–H and O–H groups in total. The minimum Gasteiger partial charge on any atom is -0.495 e. The molecule has 0 aliphatic rings. The number of methoxy groups -OCH3 is 1. The Morgan fingerprint density at radius 3 is 2.52 bits per heavy atom. The van der Waals surface area contributed by atoms with Crippen molar-refractivity contribution in [2.24, 2.45) is 0 Å². The van der Waals surface area contributed by atoms with Crippen LogP contribution in [0.1, 0.15) is 18.3 Å². The molecular weight excluding hydrogens is 288 g/mol. The molecule has 112 valence electrons. The number of anilines is 3. The van der Waals surface area contributed by atoms with E-state index in [9.17, 15) is 0 Å². The molecule has 0 saturated carbocycles. The van der Waals surface area contributed by atoms with Crippen LogP contribution in [-0.2, 0) is 6.42 Å². The van der Waals surface area contributed by atoms with E-state index in [2.05, 4.69) is 20.6 Å². The predicted octanol–water partition coefficient (Wildman–Crippen LogP) is 3.79. The van der Waals surface area contributed by atoms with Crippen LogP contribution in [0.3, 0.4) is 0 Å². The summed E-state index contributed by atoms with van der Waals surface area (Å²) in [5.41, 5.74) is 1.81. The molecule has 5 nitrogen and oxygen atoms in total. The van der Waals surface area contributed by atoms with Crippen LogP contribution in [0.15, 0.2) is 18.2 Å². The molecule has 2 rings (SSSR count). The smallest absolute Gasteiger partial charge is 0.139 e. The van der Waals surface area contributed by atoms with Gasteiger partial charge in [0.25, 0.3) is 0 Å². The van der Waals surface area contributed by atoms with Gasteiger partial charge in [-0.15, -0.1) is 0 Å². The molecule has 21 heavy (non-hydrogen) atoms. The molecule has 1 heterocycles. The molecule has 1 aromatic heterocycles. The average molecular weight is 307 g/mol. The van der Waals surface area contributed by atoms with Gasteiger partial charge in [-0.05, 0) is 25.1 Å². The Morgan fingerprint density at radius 1 is 1.24 bits per heavy atom. The topological polar surface area (TPSA) is 59.1 Å². The third-order valence-electron chi connectivity index (χ3n) is 3.16. The first-order chi connectivity index (χ1) is 10.1. The maximum Gasteiger partial charge on any atom is 0.139 e. The summed E-state index contributed by atoms with van der Waals surface area (Å²) in [6.07, 6.45) is 0.771. The van der Waals surface area contributed by atoms with E-state index in [1.165, 1.54) is 0 Å². The Kier molecular flexibility index (Phi) is 4.85. The summed E-state index contributed by atoms with van der Waals surface area (Å²) in [7, 11) is 3.44. The lowest BCUT2D eigenvalue weighted by Gasteiger charge is -2.14. The summed E-state index contributed by atoms with van der Waals surface area (Å²) in [5, 5.41) is 6.93. The van der Waals surface area contributed by atoms with Crippen LogP contribution in [0.4, 0.5) is 17.3 Å². The van der Waals surface area contributed by atoms with Crippen molar-refractivity contribution in [3.63, 3.8) is 0 Å². The Balaban J connectivity index is 2.36. The number of hydrogen-bond donors (Lipinski definition) is 2. The van der Waals surface area contributed by atoms with Gasteiger partial charge in [-0.25, -0.2) is 9.97 Å². The Hall–Kier alpha value is -2.01. The number of halogens is 1. The van der Waals surface area contributed by atoms with Crippen molar-refractivity contribution in [1.29, 1.82) is 0 Å². The van der Waals surface area contributed by atoms with Crippen molar-refractivity contribution in [3.05, 3.63) is 34.6 Å². The molecule has 1 aromatic carbocycles. The third-order valence-corrected chi connectivity index (χ3v) is 3.46. The summed E-state index contributed by atoms with van der Waals surface area (Å²) >= 11 is 6.14. The molecule has 0 aliphatic carbocycles. The fraction of sp³-hybridized carbons (Fsp3) is 0.333. The highest BCUT2D eigenvalue weighted by molar-refractivity contribution is 6.32. The molecule has 0 amide bonds. The fourth-order valence-corrected chi connectivity index (χ4v) is 2.22. The van der Waals surface area contributed by atoms with E-state index in [1.807, 2.05) is 39.1 Å². The number of benzene rings is 1. The monoisotopic (exact) mass is 306 g/mol. The molecule has 0 saturated heterocycles. The number of ether oxygens (including phenoxy) is 1. The number of nitrogens with zero attached hydrogens (tertiary/aromatic N) is 2. The van der Waals surface area contributed by atoms with Crippen molar-refractivity contribution in [1.82, 2.24) is 9.97 Å². The van der Waals surface area contributed by atoms with Crippen LogP contribution in [-0.4, -0.2) is 24.1 Å². The van der Waals surface area contributed by atoms with Crippen molar-refractivity contribution >= 4 is 28.9 Å². The summed E-state index contributed by atoms with van der Waals surface area (Å²) in [6.45, 7) is 4.00. The summed E-state index contributed by atoms with van der Waals surface area (Å²) < 4.78 is 5.15. The van der Waals surface area contributed by atoms with Gasteiger partial charge in [-0.2, -0.15) is 0 Å². The van der Waals surface area contributed by atoms with Gasteiger partial charge in [0.05, 0.1) is 12.1 Å². The van der Waals surface area contributed by atoms with Gasteiger partial charge in [0.15, 0.2) is 0 Å². The molecule has 6 heteroatoms. The van der Waals surface area contributed by atoms with E-state index in [1.54, 1.807) is 7.11 Å². The van der Waals surface area contributed by atoms with E-state index >= 15 is 0 Å². The Labute approximate surface area is 129 Å². The lowest BCUT2D eigenvalue weighted by atomic mass is 10.2. The van der Waals surface area contributed by atoms with Gasteiger partial charge in [0.2, 0.25) is 0 Å². The fourth-order valence-electron chi connectivity index (χ4n) is 1.97.